The number of ether oxygens (including phenoxy) is 1. The summed E-state index contributed by atoms with van der Waals surface area (Å²) in [4.78, 5) is 9.88. The van der Waals surface area contributed by atoms with Crippen molar-refractivity contribution in [1.82, 2.24) is 0 Å². The molecule has 0 N–H and O–H groups in total. The first-order chi connectivity index (χ1) is 9.15. The molecule has 0 aliphatic heterocycles. The Morgan fingerprint density at radius 3 is 1.47 bits per heavy atom. The normalized spacial score (nSPS) is 10.0. The van der Waals surface area contributed by atoms with Crippen molar-refractivity contribution in [2.45, 2.75) is 72.6 Å². The summed E-state index contributed by atoms with van der Waals surface area (Å²) in [6, 6.07) is 0. The van der Waals surface area contributed by atoms with Gasteiger partial charge in [-0.25, -0.2) is 0 Å². The number of rotatable bonds is 10. The molecule has 0 atom stereocenters. The second-order valence-corrected chi connectivity index (χ2v) is 13.7. The third-order valence-corrected chi connectivity index (χ3v) is 12.3. The largest absolute Gasteiger partial charge is 0.468 e. The van der Waals surface area contributed by atoms with Crippen LogP contribution in [0.4, 0.5) is 0 Å². The standard InChI is InChI=1S/3C4H9.C3H6O2S.Sn/c3*1-3-4-2;1-5-3(4)2-6;/h3*1,3-4H2,2H3;6H,2H2,1H3;. The van der Waals surface area contributed by atoms with Crippen molar-refractivity contribution in [2.75, 3.05) is 12.9 Å². The minimum absolute atomic E-state index is 0.163. The molecule has 0 saturated carbocycles. The van der Waals surface area contributed by atoms with Gasteiger partial charge in [-0.3, -0.25) is 4.79 Å². The van der Waals surface area contributed by atoms with E-state index in [0.717, 1.165) is 0 Å². The molecule has 0 rings (SSSR count). The number of unbranched alkanes of at least 4 members (excludes halogenated alkanes) is 3. The molecule has 0 aromatic heterocycles. The molecular formula is C15H33O2SSn. The van der Waals surface area contributed by atoms with E-state index in [4.69, 9.17) is 0 Å². The van der Waals surface area contributed by atoms with E-state index >= 15 is 0 Å². The van der Waals surface area contributed by atoms with Gasteiger partial charge in [0.15, 0.2) is 0 Å². The summed E-state index contributed by atoms with van der Waals surface area (Å²) in [6.45, 7) is 7.00. The molecule has 0 amide bonds. The van der Waals surface area contributed by atoms with E-state index in [-0.39, 0.29) is 11.7 Å². The minimum Gasteiger partial charge on any atom is -0.468 e. The number of methoxy groups -OCH3 is 1. The van der Waals surface area contributed by atoms with Gasteiger partial charge in [0.1, 0.15) is 0 Å². The van der Waals surface area contributed by atoms with E-state index in [9.17, 15) is 4.79 Å². The maximum Gasteiger partial charge on any atom is 0.315 e. The molecule has 0 aliphatic carbocycles. The molecule has 0 unspecified atom stereocenters. The van der Waals surface area contributed by atoms with Crippen molar-refractivity contribution in [3.05, 3.63) is 0 Å². The average Bonchev–Trinajstić information content (AvgIpc) is 2.46. The van der Waals surface area contributed by atoms with Gasteiger partial charge in [-0.2, -0.15) is 12.6 Å². The van der Waals surface area contributed by atoms with Crippen molar-refractivity contribution in [3.63, 3.8) is 0 Å². The van der Waals surface area contributed by atoms with E-state index in [1.807, 2.05) is 0 Å². The topological polar surface area (TPSA) is 26.3 Å². The summed E-state index contributed by atoms with van der Waals surface area (Å²) in [7, 11) is 1.33. The Balaban J connectivity index is 0. The number of carbonyl (C=O) groups excluding carboxylic acids is 1. The van der Waals surface area contributed by atoms with Crippen LogP contribution < -0.4 is 0 Å². The minimum atomic E-state index is -0.839. The summed E-state index contributed by atoms with van der Waals surface area (Å²) in [5.74, 6) is -0.130. The van der Waals surface area contributed by atoms with Gasteiger partial charge >= 0.3 is 98.3 Å². The Labute approximate surface area is 133 Å². The van der Waals surface area contributed by atoms with Crippen LogP contribution in [-0.4, -0.2) is 38.6 Å². The van der Waals surface area contributed by atoms with Crippen LogP contribution in [0.2, 0.25) is 13.3 Å². The molecule has 0 heterocycles. The molecule has 4 heteroatoms. The first-order valence-corrected chi connectivity index (χ1v) is 14.4. The van der Waals surface area contributed by atoms with Crippen molar-refractivity contribution < 1.29 is 9.53 Å². The maximum atomic E-state index is 9.88. The zero-order valence-corrected chi connectivity index (χ0v) is 17.1. The molecule has 0 aromatic rings. The molecule has 0 aliphatic rings. The average molecular weight is 396 g/mol. The van der Waals surface area contributed by atoms with E-state index in [0.29, 0.717) is 0 Å². The number of esters is 1. The molecule has 0 saturated heterocycles. The van der Waals surface area contributed by atoms with Crippen LogP contribution >= 0.6 is 12.6 Å². The summed E-state index contributed by atoms with van der Waals surface area (Å²) in [6.07, 6.45) is 8.85. The monoisotopic (exact) mass is 397 g/mol. The second kappa shape index (κ2) is 18.6. The summed E-state index contributed by atoms with van der Waals surface area (Å²) in [5, 5.41) is 0. The van der Waals surface area contributed by atoms with Crippen LogP contribution in [0.15, 0.2) is 0 Å². The zero-order chi connectivity index (χ0) is 14.9. The van der Waals surface area contributed by atoms with Crippen molar-refractivity contribution in [2.24, 2.45) is 0 Å². The molecule has 1 radical (unpaired) electrons. The smallest absolute Gasteiger partial charge is 0.315 e. The van der Waals surface area contributed by atoms with Gasteiger partial charge in [-0.05, 0) is 0 Å². The Morgan fingerprint density at radius 1 is 0.947 bits per heavy atom. The molecular weight excluding hydrogens is 363 g/mol. The summed E-state index contributed by atoms with van der Waals surface area (Å²) < 4.78 is 9.22. The Kier molecular flexibility index (Phi) is 21.5. The van der Waals surface area contributed by atoms with Gasteiger partial charge in [0.2, 0.25) is 0 Å². The predicted molar refractivity (Wildman–Crippen MR) is 90.8 cm³/mol. The molecule has 115 valence electrons. The first-order valence-electron chi connectivity index (χ1n) is 7.67. The van der Waals surface area contributed by atoms with E-state index in [1.54, 1.807) is 13.3 Å². The fourth-order valence-electron chi connectivity index (χ4n) is 1.72. The predicted octanol–water partition coefficient (Wildman–Crippen LogP) is 4.97. The van der Waals surface area contributed by atoms with Gasteiger partial charge in [-0.1, -0.05) is 0 Å². The van der Waals surface area contributed by atoms with Crippen LogP contribution in [-0.2, 0) is 9.53 Å². The molecule has 19 heavy (non-hydrogen) atoms. The maximum absolute atomic E-state index is 9.88. The quantitative estimate of drug-likeness (QED) is 0.321. The molecule has 0 bridgehead atoms. The number of hydrogen-bond donors (Lipinski definition) is 1. The van der Waals surface area contributed by atoms with Crippen LogP contribution in [0, 0.1) is 0 Å². The van der Waals surface area contributed by atoms with E-state index in [2.05, 4.69) is 38.1 Å². The van der Waals surface area contributed by atoms with Gasteiger partial charge < -0.3 is 4.74 Å². The Morgan fingerprint density at radius 2 is 1.32 bits per heavy atom. The van der Waals surface area contributed by atoms with Gasteiger partial charge in [-0.15, -0.1) is 0 Å². The Hall–Kier alpha value is 0.619. The van der Waals surface area contributed by atoms with Gasteiger partial charge in [0, 0.05) is 0 Å². The SMILES string of the molecule is CCC[CH2][Sn]([CH2]CCC)[CH2]CCC.COC(=O)CS. The summed E-state index contributed by atoms with van der Waals surface area (Å²) >= 11 is 2.78. The number of thiol groups is 1. The molecule has 2 nitrogen and oxygen atoms in total. The number of carbonyl (C=O) groups is 1. The molecule has 0 aromatic carbocycles. The van der Waals surface area contributed by atoms with Gasteiger partial charge in [0.25, 0.3) is 0 Å². The first kappa shape index (κ1) is 21.9. The van der Waals surface area contributed by atoms with E-state index < -0.39 is 19.8 Å². The summed E-state index contributed by atoms with van der Waals surface area (Å²) in [5.41, 5.74) is 0. The van der Waals surface area contributed by atoms with Crippen molar-refractivity contribution >= 4 is 38.4 Å². The fraction of sp³-hybridized carbons (Fsp3) is 0.933. The Bertz CT molecular complexity index is 164. The zero-order valence-electron chi connectivity index (χ0n) is 13.3. The third-order valence-electron chi connectivity index (χ3n) is 3.01. The second-order valence-electron chi connectivity index (χ2n) is 4.79. The third kappa shape index (κ3) is 18.6. The molecule has 0 fully saturated rings. The van der Waals surface area contributed by atoms with Crippen LogP contribution in [0.3, 0.4) is 0 Å². The number of hydrogen-bond acceptors (Lipinski definition) is 3. The van der Waals surface area contributed by atoms with Crippen LogP contribution in [0.5, 0.6) is 0 Å². The van der Waals surface area contributed by atoms with Crippen LogP contribution in [0.1, 0.15) is 59.3 Å². The fourth-order valence-corrected chi connectivity index (χ4v) is 11.3. The molecule has 0 spiro atoms. The van der Waals surface area contributed by atoms with Gasteiger partial charge in [0.05, 0.1) is 12.9 Å². The van der Waals surface area contributed by atoms with E-state index in [1.165, 1.54) is 45.6 Å². The van der Waals surface area contributed by atoms with Crippen molar-refractivity contribution in [1.29, 1.82) is 0 Å². The van der Waals surface area contributed by atoms with Crippen LogP contribution in [0.25, 0.3) is 0 Å². The van der Waals surface area contributed by atoms with Crippen molar-refractivity contribution in [3.8, 4) is 0 Å².